The lowest BCUT2D eigenvalue weighted by Crippen LogP contribution is -2.37. The Morgan fingerprint density at radius 1 is 1.33 bits per heavy atom. The van der Waals surface area contributed by atoms with Gasteiger partial charge in [0, 0.05) is 6.21 Å². The number of hydrogen-bond acceptors (Lipinski definition) is 3. The molecule has 0 aliphatic carbocycles. The molecule has 0 fully saturated rings. The molecule has 0 aliphatic heterocycles. The lowest BCUT2D eigenvalue weighted by atomic mass is 10.2. The van der Waals surface area contributed by atoms with Crippen LogP contribution < -0.4 is 16.7 Å². The number of carbonyl (C=O) groups excluding carboxylic acids is 1. The van der Waals surface area contributed by atoms with E-state index in [1.165, 1.54) is 6.21 Å². The molecule has 0 bridgehead atoms. The molecule has 0 aromatic heterocycles. The van der Waals surface area contributed by atoms with Crippen LogP contribution in [0, 0.1) is 0 Å². The third kappa shape index (κ3) is 4.58. The number of nitrogens with one attached hydrogen (secondary N) is 2. The van der Waals surface area contributed by atoms with Gasteiger partial charge in [0.05, 0.1) is 0 Å². The van der Waals surface area contributed by atoms with Crippen molar-refractivity contribution >= 4 is 18.3 Å². The zero-order chi connectivity index (χ0) is 10.9. The molecule has 78 valence electrons. The van der Waals surface area contributed by atoms with E-state index in [0.717, 1.165) is 5.56 Å². The lowest BCUT2D eigenvalue weighted by Gasteiger charge is -1.93. The van der Waals surface area contributed by atoms with Gasteiger partial charge in [-0.1, -0.05) is 36.4 Å². The summed E-state index contributed by atoms with van der Waals surface area (Å²) < 4.78 is 0. The number of benzene rings is 1. The number of hydrazine groups is 1. The van der Waals surface area contributed by atoms with Gasteiger partial charge in [-0.25, -0.2) is 16.1 Å². The molecule has 1 rings (SSSR count). The monoisotopic (exact) mass is 204 g/mol. The molecule has 1 aromatic rings. The second kappa shape index (κ2) is 6.33. The van der Waals surface area contributed by atoms with Crippen LogP contribution in [-0.2, 0) is 0 Å². The molecule has 4 N–H and O–H groups in total. The molecule has 0 aliphatic rings. The van der Waals surface area contributed by atoms with E-state index in [9.17, 15) is 4.79 Å². The first-order valence-electron chi connectivity index (χ1n) is 4.34. The summed E-state index contributed by atoms with van der Waals surface area (Å²) >= 11 is 0. The number of hydrazone groups is 1. The number of allylic oxidation sites excluding steroid dienone is 1. The summed E-state index contributed by atoms with van der Waals surface area (Å²) in [6, 6.07) is 9.20. The molecule has 0 heterocycles. The maximum Gasteiger partial charge on any atom is 0.349 e. The van der Waals surface area contributed by atoms with Crippen LogP contribution in [0.25, 0.3) is 6.08 Å². The minimum atomic E-state index is -0.556. The number of rotatable bonds is 3. The highest BCUT2D eigenvalue weighted by molar-refractivity contribution is 5.80. The Kier molecular flexibility index (Phi) is 4.62. The van der Waals surface area contributed by atoms with Crippen LogP contribution in [0.1, 0.15) is 5.56 Å². The number of nitrogens with zero attached hydrogens (tertiary/aromatic N) is 1. The number of urea groups is 1. The Hall–Kier alpha value is -2.14. The van der Waals surface area contributed by atoms with Crippen LogP contribution in [0.3, 0.4) is 0 Å². The first kappa shape index (κ1) is 10.9. The lowest BCUT2D eigenvalue weighted by molar-refractivity contribution is 0.241. The van der Waals surface area contributed by atoms with E-state index in [4.69, 9.17) is 5.84 Å². The van der Waals surface area contributed by atoms with E-state index >= 15 is 0 Å². The summed E-state index contributed by atoms with van der Waals surface area (Å²) in [6.45, 7) is 0. The molecule has 0 atom stereocenters. The van der Waals surface area contributed by atoms with Gasteiger partial charge < -0.3 is 0 Å². The fraction of sp³-hybridized carbons (Fsp3) is 0. The quantitative estimate of drug-likeness (QED) is 0.295. The fourth-order valence-corrected chi connectivity index (χ4v) is 0.889. The summed E-state index contributed by atoms with van der Waals surface area (Å²) in [4.78, 5) is 10.6. The predicted octanol–water partition coefficient (Wildman–Crippen LogP) is 0.858. The summed E-state index contributed by atoms with van der Waals surface area (Å²) in [5, 5.41) is 3.60. The van der Waals surface area contributed by atoms with Gasteiger partial charge in [0.25, 0.3) is 0 Å². The van der Waals surface area contributed by atoms with E-state index in [-0.39, 0.29) is 0 Å². The maximum atomic E-state index is 10.6. The van der Waals surface area contributed by atoms with Crippen molar-refractivity contribution in [2.24, 2.45) is 10.9 Å². The van der Waals surface area contributed by atoms with Crippen LogP contribution in [0.5, 0.6) is 0 Å². The summed E-state index contributed by atoms with van der Waals surface area (Å²) in [6.07, 6.45) is 5.04. The molecule has 0 unspecified atom stereocenters. The second-order valence-corrected chi connectivity index (χ2v) is 2.63. The molecule has 0 saturated heterocycles. The Bertz CT molecular complexity index is 359. The second-order valence-electron chi connectivity index (χ2n) is 2.63. The topological polar surface area (TPSA) is 79.5 Å². The smallest absolute Gasteiger partial charge is 0.274 e. The van der Waals surface area contributed by atoms with Crippen molar-refractivity contribution < 1.29 is 4.79 Å². The minimum Gasteiger partial charge on any atom is -0.274 e. The molecular weight excluding hydrogens is 192 g/mol. The van der Waals surface area contributed by atoms with E-state index in [2.05, 4.69) is 10.5 Å². The molecule has 15 heavy (non-hydrogen) atoms. The molecule has 1 aromatic carbocycles. The zero-order valence-corrected chi connectivity index (χ0v) is 8.05. The number of hydrogen-bond donors (Lipinski definition) is 3. The molecule has 0 spiro atoms. The summed E-state index contributed by atoms with van der Waals surface area (Å²) in [5.74, 6) is 4.82. The van der Waals surface area contributed by atoms with Crippen molar-refractivity contribution in [2.75, 3.05) is 0 Å². The number of amides is 2. The average Bonchev–Trinajstić information content (AvgIpc) is 2.29. The van der Waals surface area contributed by atoms with Gasteiger partial charge in [-0.3, -0.25) is 5.43 Å². The molecule has 0 saturated carbocycles. The fourth-order valence-electron chi connectivity index (χ4n) is 0.889. The molecule has 5 nitrogen and oxygen atoms in total. The average molecular weight is 204 g/mol. The van der Waals surface area contributed by atoms with Crippen molar-refractivity contribution in [2.45, 2.75) is 0 Å². The Morgan fingerprint density at radius 2 is 2.07 bits per heavy atom. The summed E-state index contributed by atoms with van der Waals surface area (Å²) in [5.41, 5.74) is 5.11. The van der Waals surface area contributed by atoms with Crippen LogP contribution >= 0.6 is 0 Å². The molecule has 2 amide bonds. The largest absolute Gasteiger partial charge is 0.349 e. The third-order valence-electron chi connectivity index (χ3n) is 1.55. The molecule has 0 radical (unpaired) electrons. The van der Waals surface area contributed by atoms with Crippen LogP contribution in [0.2, 0.25) is 0 Å². The zero-order valence-electron chi connectivity index (χ0n) is 8.05. The first-order valence-corrected chi connectivity index (χ1v) is 4.34. The highest BCUT2D eigenvalue weighted by Gasteiger charge is 1.87. The number of carbonyl (C=O) groups is 1. The van der Waals surface area contributed by atoms with Crippen molar-refractivity contribution in [1.82, 2.24) is 10.9 Å². The van der Waals surface area contributed by atoms with Crippen molar-refractivity contribution in [3.05, 3.63) is 42.0 Å². The Labute approximate surface area is 87.6 Å². The van der Waals surface area contributed by atoms with Gasteiger partial charge in [-0.15, -0.1) is 0 Å². The maximum absolute atomic E-state index is 10.6. The van der Waals surface area contributed by atoms with E-state index in [1.807, 2.05) is 41.8 Å². The van der Waals surface area contributed by atoms with E-state index in [0.29, 0.717) is 0 Å². The van der Waals surface area contributed by atoms with Gasteiger partial charge in [0.2, 0.25) is 0 Å². The summed E-state index contributed by atoms with van der Waals surface area (Å²) in [7, 11) is 0. The highest BCUT2D eigenvalue weighted by atomic mass is 16.2. The van der Waals surface area contributed by atoms with Gasteiger partial charge in [-0.05, 0) is 11.6 Å². The van der Waals surface area contributed by atoms with Crippen LogP contribution in [-0.4, -0.2) is 12.2 Å². The third-order valence-corrected chi connectivity index (χ3v) is 1.55. The van der Waals surface area contributed by atoms with Crippen LogP contribution in [0.15, 0.2) is 41.5 Å². The number of nitrogens with two attached hydrogens (primary N) is 1. The van der Waals surface area contributed by atoms with Crippen molar-refractivity contribution in [3.63, 3.8) is 0 Å². The van der Waals surface area contributed by atoms with Crippen LogP contribution in [0.4, 0.5) is 4.79 Å². The molecule has 5 heteroatoms. The van der Waals surface area contributed by atoms with Gasteiger partial charge in [0.1, 0.15) is 0 Å². The van der Waals surface area contributed by atoms with E-state index in [1.54, 1.807) is 6.08 Å². The Balaban J connectivity index is 2.37. The normalized spacial score (nSPS) is 10.7. The predicted molar refractivity (Wildman–Crippen MR) is 59.8 cm³/mol. The molecular formula is C10H12N4O. The van der Waals surface area contributed by atoms with Gasteiger partial charge in [0.15, 0.2) is 0 Å². The SMILES string of the molecule is NNC(=O)N/N=C\C=C\c1ccccc1. The standard InChI is InChI=1S/C10H12N4O/c11-13-10(15)14-12-8-4-7-9-5-2-1-3-6-9/h1-8H,11H2,(H2,13,14,15)/b7-4+,12-8-. The van der Waals surface area contributed by atoms with Gasteiger partial charge in [-0.2, -0.15) is 5.10 Å². The first-order chi connectivity index (χ1) is 7.33. The minimum absolute atomic E-state index is 0.556. The van der Waals surface area contributed by atoms with Crippen molar-refractivity contribution in [3.8, 4) is 0 Å². The van der Waals surface area contributed by atoms with E-state index < -0.39 is 6.03 Å². The van der Waals surface area contributed by atoms with Gasteiger partial charge >= 0.3 is 6.03 Å². The highest BCUT2D eigenvalue weighted by Crippen LogP contribution is 1.99. The van der Waals surface area contributed by atoms with Crippen molar-refractivity contribution in [1.29, 1.82) is 0 Å². The Morgan fingerprint density at radius 3 is 2.73 bits per heavy atom.